The zero-order valence-corrected chi connectivity index (χ0v) is 15.2. The van der Waals surface area contributed by atoms with E-state index in [1.807, 2.05) is 60.7 Å². The van der Waals surface area contributed by atoms with E-state index < -0.39 is 22.3 Å². The van der Waals surface area contributed by atoms with Gasteiger partial charge in [0.05, 0.1) is 0 Å². The van der Waals surface area contributed by atoms with Crippen molar-refractivity contribution in [2.75, 3.05) is 7.11 Å². The third kappa shape index (κ3) is 2.74. The van der Waals surface area contributed by atoms with Gasteiger partial charge in [-0.15, -0.1) is 0 Å². The Kier molecular flexibility index (Phi) is 4.74. The molecular weight excluding hydrogens is 371 g/mol. The van der Waals surface area contributed by atoms with Gasteiger partial charge in [-0.2, -0.15) is 0 Å². The fraction of sp³-hybridized carbons (Fsp3) is 0.263. The van der Waals surface area contributed by atoms with Crippen LogP contribution in [0.1, 0.15) is 18.6 Å². The fourth-order valence-electron chi connectivity index (χ4n) is 2.96. The summed E-state index contributed by atoms with van der Waals surface area (Å²) in [6.07, 6.45) is -0.631. The first-order valence-corrected chi connectivity index (χ1v) is 9.39. The molecule has 0 amide bonds. The Labute approximate surface area is 147 Å². The maximum atomic E-state index is 12.8. The number of cyclic esters (lactones) is 1. The molecule has 1 aliphatic heterocycles. The minimum absolute atomic E-state index is 0.326. The second-order valence-electron chi connectivity index (χ2n) is 5.65. The van der Waals surface area contributed by atoms with Gasteiger partial charge in [-0.25, -0.2) is 0 Å². The Morgan fingerprint density at radius 1 is 1.08 bits per heavy atom. The minimum atomic E-state index is -1.01. The molecule has 1 aliphatic rings. The summed E-state index contributed by atoms with van der Waals surface area (Å²) in [5.41, 5.74) is 0.818. The van der Waals surface area contributed by atoms with Crippen LogP contribution >= 0.6 is 0 Å². The summed E-state index contributed by atoms with van der Waals surface area (Å²) in [5, 5.41) is 0. The predicted molar refractivity (Wildman–Crippen MR) is 91.0 cm³/mol. The van der Waals surface area contributed by atoms with Gasteiger partial charge in [0.15, 0.2) is 0 Å². The van der Waals surface area contributed by atoms with Gasteiger partial charge in [0, 0.05) is 0 Å². The van der Waals surface area contributed by atoms with Gasteiger partial charge in [0.1, 0.15) is 0 Å². The molecule has 0 N–H and O–H groups in total. The summed E-state index contributed by atoms with van der Waals surface area (Å²) in [4.78, 5) is 25.2. The van der Waals surface area contributed by atoms with E-state index in [4.69, 9.17) is 9.47 Å². The first-order valence-electron chi connectivity index (χ1n) is 7.67. The van der Waals surface area contributed by atoms with E-state index in [0.29, 0.717) is 0 Å². The van der Waals surface area contributed by atoms with Gasteiger partial charge in [-0.05, 0) is 0 Å². The number of hydrogen-bond donors (Lipinski definition) is 0. The molecule has 0 radical (unpaired) electrons. The van der Waals surface area contributed by atoms with E-state index in [1.165, 1.54) is 7.11 Å². The Morgan fingerprint density at radius 2 is 1.67 bits per heavy atom. The monoisotopic (exact) mass is 390 g/mol. The van der Waals surface area contributed by atoms with Crippen LogP contribution in [0.25, 0.3) is 0 Å². The van der Waals surface area contributed by atoms with E-state index >= 15 is 0 Å². The normalized spacial score (nSPS) is 26.0. The SMILES string of the molecule is COC(=O)[C@@]1([Se]c2ccccc2)[C@@H](C)C(=O)O[C@H]1c1ccccc1. The molecule has 5 heteroatoms. The summed E-state index contributed by atoms with van der Waals surface area (Å²) >= 11 is -0.326. The topological polar surface area (TPSA) is 52.6 Å². The second-order valence-corrected chi connectivity index (χ2v) is 8.48. The molecule has 2 aromatic carbocycles. The van der Waals surface area contributed by atoms with Gasteiger partial charge < -0.3 is 0 Å². The van der Waals surface area contributed by atoms with E-state index in [9.17, 15) is 9.59 Å². The molecule has 0 spiro atoms. The number of carbonyl (C=O) groups is 2. The average Bonchev–Trinajstić information content (AvgIpc) is 2.88. The Balaban J connectivity index is 2.12. The van der Waals surface area contributed by atoms with Crippen molar-refractivity contribution in [2.24, 2.45) is 5.92 Å². The second kappa shape index (κ2) is 6.79. The third-order valence-corrected chi connectivity index (χ3v) is 7.57. The van der Waals surface area contributed by atoms with Crippen molar-refractivity contribution in [1.29, 1.82) is 0 Å². The molecule has 1 heterocycles. The molecule has 2 aromatic rings. The molecule has 1 saturated heterocycles. The third-order valence-electron chi connectivity index (χ3n) is 4.26. The van der Waals surface area contributed by atoms with Crippen LogP contribution in [0.4, 0.5) is 0 Å². The zero-order valence-electron chi connectivity index (χ0n) is 13.5. The van der Waals surface area contributed by atoms with Gasteiger partial charge >= 0.3 is 147 Å². The number of rotatable bonds is 4. The molecule has 0 unspecified atom stereocenters. The van der Waals surface area contributed by atoms with Crippen LogP contribution < -0.4 is 4.46 Å². The summed E-state index contributed by atoms with van der Waals surface area (Å²) in [5.74, 6) is -1.30. The Hall–Kier alpha value is -2.10. The number of hydrogen-bond acceptors (Lipinski definition) is 4. The summed E-state index contributed by atoms with van der Waals surface area (Å²) in [6.45, 7) is 1.76. The van der Waals surface area contributed by atoms with Crippen molar-refractivity contribution in [1.82, 2.24) is 0 Å². The average molecular weight is 389 g/mol. The van der Waals surface area contributed by atoms with E-state index in [2.05, 4.69) is 0 Å². The molecule has 0 aliphatic carbocycles. The van der Waals surface area contributed by atoms with Crippen LogP contribution in [-0.4, -0.2) is 34.0 Å². The molecule has 24 heavy (non-hydrogen) atoms. The summed E-state index contributed by atoms with van der Waals surface area (Å²) in [6, 6.07) is 19.2. The van der Waals surface area contributed by atoms with Crippen molar-refractivity contribution in [3.05, 3.63) is 66.2 Å². The standard InChI is InChI=1S/C19H18O4Se/c1-13-17(20)23-16(14-9-5-3-6-10-14)19(13,18(21)22-2)24-15-11-7-4-8-12-15/h3-13,16H,1-2H3/t13-,16-,19+/m0/s1. The number of methoxy groups -OCH3 is 1. The Morgan fingerprint density at radius 3 is 2.25 bits per heavy atom. The molecule has 0 saturated carbocycles. The van der Waals surface area contributed by atoms with Gasteiger partial charge in [0.25, 0.3) is 0 Å². The van der Waals surface area contributed by atoms with Crippen molar-refractivity contribution in [3.8, 4) is 0 Å². The molecule has 4 nitrogen and oxygen atoms in total. The van der Waals surface area contributed by atoms with Crippen molar-refractivity contribution >= 4 is 31.4 Å². The van der Waals surface area contributed by atoms with Crippen molar-refractivity contribution < 1.29 is 19.1 Å². The van der Waals surface area contributed by atoms with Crippen molar-refractivity contribution in [3.63, 3.8) is 0 Å². The molecular formula is C19H18O4Se. The van der Waals surface area contributed by atoms with Gasteiger partial charge in [-0.3, -0.25) is 0 Å². The van der Waals surface area contributed by atoms with Crippen LogP contribution in [0.15, 0.2) is 60.7 Å². The van der Waals surface area contributed by atoms with Crippen LogP contribution in [0.3, 0.4) is 0 Å². The van der Waals surface area contributed by atoms with Crippen LogP contribution in [-0.2, 0) is 19.1 Å². The number of benzene rings is 2. The zero-order chi connectivity index (χ0) is 17.2. The first kappa shape index (κ1) is 16.7. The predicted octanol–water partition coefficient (Wildman–Crippen LogP) is 2.28. The molecule has 0 bridgehead atoms. The summed E-state index contributed by atoms with van der Waals surface area (Å²) in [7, 11) is 1.36. The van der Waals surface area contributed by atoms with Crippen LogP contribution in [0.5, 0.6) is 0 Å². The number of esters is 2. The number of ether oxygens (including phenoxy) is 2. The summed E-state index contributed by atoms with van der Waals surface area (Å²) < 4.78 is 10.8. The number of carbonyl (C=O) groups excluding carboxylic acids is 2. The van der Waals surface area contributed by atoms with Crippen LogP contribution in [0, 0.1) is 5.92 Å². The van der Waals surface area contributed by atoms with E-state index in [1.54, 1.807) is 6.92 Å². The fourth-order valence-corrected chi connectivity index (χ4v) is 5.93. The first-order chi connectivity index (χ1) is 11.6. The molecule has 3 rings (SSSR count). The quantitative estimate of drug-likeness (QED) is 0.595. The molecule has 0 aromatic heterocycles. The van der Waals surface area contributed by atoms with Crippen LogP contribution in [0.2, 0.25) is 4.31 Å². The van der Waals surface area contributed by atoms with E-state index in [0.717, 1.165) is 10.0 Å². The van der Waals surface area contributed by atoms with Gasteiger partial charge in [-0.1, -0.05) is 0 Å². The molecule has 124 valence electrons. The van der Waals surface area contributed by atoms with Gasteiger partial charge in [0.2, 0.25) is 0 Å². The van der Waals surface area contributed by atoms with Crippen molar-refractivity contribution in [2.45, 2.75) is 17.3 Å². The maximum absolute atomic E-state index is 12.8. The molecule has 1 fully saturated rings. The Bertz CT molecular complexity index is 732. The molecule has 3 atom stereocenters. The van der Waals surface area contributed by atoms with E-state index in [-0.39, 0.29) is 20.9 Å².